The van der Waals surface area contributed by atoms with Crippen molar-refractivity contribution >= 4 is 5.97 Å². The van der Waals surface area contributed by atoms with Gasteiger partial charge in [0.1, 0.15) is 5.60 Å². The van der Waals surface area contributed by atoms with E-state index >= 15 is 0 Å². The molecule has 0 bridgehead atoms. The van der Waals surface area contributed by atoms with Crippen LogP contribution in [0.25, 0.3) is 0 Å². The molecule has 0 amide bonds. The maximum absolute atomic E-state index is 11.5. The van der Waals surface area contributed by atoms with Gasteiger partial charge < -0.3 is 14.2 Å². The average molecular weight is 226 g/mol. The molecule has 2 aliphatic heterocycles. The van der Waals surface area contributed by atoms with Crippen LogP contribution in [0, 0.1) is 5.92 Å². The fourth-order valence-electron chi connectivity index (χ4n) is 2.46. The fourth-order valence-corrected chi connectivity index (χ4v) is 2.46. The Labute approximate surface area is 95.6 Å². The minimum Gasteiger partial charge on any atom is -0.480 e. The van der Waals surface area contributed by atoms with Crippen molar-refractivity contribution in [2.75, 3.05) is 13.7 Å². The van der Waals surface area contributed by atoms with E-state index in [1.807, 2.05) is 13.8 Å². The molecular weight excluding hydrogens is 208 g/mol. The van der Waals surface area contributed by atoms with E-state index in [-0.39, 0.29) is 17.5 Å². The van der Waals surface area contributed by atoms with Crippen LogP contribution in [-0.2, 0) is 19.0 Å². The Bertz CT molecular complexity index is 319. The second-order valence-corrected chi connectivity index (χ2v) is 4.81. The molecule has 16 heavy (non-hydrogen) atoms. The Morgan fingerprint density at radius 1 is 1.56 bits per heavy atom. The van der Waals surface area contributed by atoms with E-state index in [0.29, 0.717) is 5.92 Å². The van der Waals surface area contributed by atoms with Crippen LogP contribution in [0.3, 0.4) is 0 Å². The normalized spacial score (nSPS) is 32.1. The van der Waals surface area contributed by atoms with Crippen LogP contribution in [0.15, 0.2) is 11.8 Å². The first-order chi connectivity index (χ1) is 7.54. The molecule has 0 aromatic heterocycles. The third-order valence-electron chi connectivity index (χ3n) is 3.33. The quantitative estimate of drug-likeness (QED) is 0.638. The number of esters is 1. The summed E-state index contributed by atoms with van der Waals surface area (Å²) in [6.07, 6.45) is 3.85. The average Bonchev–Trinajstić information content (AvgIpc) is 2.27. The van der Waals surface area contributed by atoms with E-state index in [2.05, 4.69) is 4.74 Å². The third kappa shape index (κ3) is 1.94. The molecule has 0 spiro atoms. The van der Waals surface area contributed by atoms with Gasteiger partial charge in [-0.1, -0.05) is 0 Å². The Balaban J connectivity index is 2.25. The summed E-state index contributed by atoms with van der Waals surface area (Å²) in [5, 5.41) is 0. The third-order valence-corrected chi connectivity index (χ3v) is 3.33. The molecule has 4 heteroatoms. The monoisotopic (exact) mass is 226 g/mol. The standard InChI is InChI=1S/C12H18O4/c1-12(2)8-5-4-6-15-9(8)7-10(16-12)11(13)14-3/h7-9H,4-6H2,1-3H3/t8-,9+/m1/s1. The van der Waals surface area contributed by atoms with Crippen LogP contribution in [0.5, 0.6) is 0 Å². The highest BCUT2D eigenvalue weighted by molar-refractivity contribution is 5.86. The van der Waals surface area contributed by atoms with E-state index in [1.54, 1.807) is 6.08 Å². The van der Waals surface area contributed by atoms with Gasteiger partial charge in [0, 0.05) is 12.5 Å². The lowest BCUT2D eigenvalue weighted by atomic mass is 9.79. The SMILES string of the molecule is COC(=O)C1=C[C@@H]2OCCC[C@H]2C(C)(C)O1. The smallest absolute Gasteiger partial charge is 0.373 e. The summed E-state index contributed by atoms with van der Waals surface area (Å²) < 4.78 is 16.1. The van der Waals surface area contributed by atoms with Gasteiger partial charge in [-0.3, -0.25) is 0 Å². The van der Waals surface area contributed by atoms with Gasteiger partial charge >= 0.3 is 5.97 Å². The van der Waals surface area contributed by atoms with Crippen LogP contribution in [0.4, 0.5) is 0 Å². The predicted octanol–water partition coefficient (Wildman–Crippen LogP) is 1.65. The molecule has 0 aliphatic carbocycles. The van der Waals surface area contributed by atoms with Crippen molar-refractivity contribution in [1.82, 2.24) is 0 Å². The molecule has 2 rings (SSSR count). The lowest BCUT2D eigenvalue weighted by Crippen LogP contribution is -2.48. The van der Waals surface area contributed by atoms with Crippen molar-refractivity contribution < 1.29 is 19.0 Å². The van der Waals surface area contributed by atoms with Crippen LogP contribution < -0.4 is 0 Å². The summed E-state index contributed by atoms with van der Waals surface area (Å²) >= 11 is 0. The zero-order valence-electron chi connectivity index (χ0n) is 9.99. The zero-order chi connectivity index (χ0) is 11.8. The van der Waals surface area contributed by atoms with Crippen LogP contribution in [-0.4, -0.2) is 31.4 Å². The first kappa shape index (κ1) is 11.5. The van der Waals surface area contributed by atoms with E-state index in [4.69, 9.17) is 9.47 Å². The summed E-state index contributed by atoms with van der Waals surface area (Å²) in [7, 11) is 1.35. The van der Waals surface area contributed by atoms with Gasteiger partial charge in [0.15, 0.2) is 0 Å². The van der Waals surface area contributed by atoms with E-state index in [1.165, 1.54) is 7.11 Å². The Hall–Kier alpha value is -1.03. The summed E-state index contributed by atoms with van der Waals surface area (Å²) in [6.45, 7) is 4.74. The van der Waals surface area contributed by atoms with Gasteiger partial charge in [0.25, 0.3) is 0 Å². The second kappa shape index (κ2) is 4.09. The summed E-state index contributed by atoms with van der Waals surface area (Å²) in [6, 6.07) is 0. The van der Waals surface area contributed by atoms with Crippen LogP contribution in [0.1, 0.15) is 26.7 Å². The number of hydrogen-bond donors (Lipinski definition) is 0. The molecule has 2 aliphatic rings. The summed E-state index contributed by atoms with van der Waals surface area (Å²) in [4.78, 5) is 11.5. The number of fused-ring (bicyclic) bond motifs is 1. The van der Waals surface area contributed by atoms with Crippen molar-refractivity contribution in [3.8, 4) is 0 Å². The minimum atomic E-state index is -0.430. The molecular formula is C12H18O4. The topological polar surface area (TPSA) is 44.8 Å². The molecule has 2 heterocycles. The largest absolute Gasteiger partial charge is 0.480 e. The Kier molecular flexibility index (Phi) is 2.93. The number of rotatable bonds is 1. The predicted molar refractivity (Wildman–Crippen MR) is 57.7 cm³/mol. The van der Waals surface area contributed by atoms with Gasteiger partial charge in [-0.2, -0.15) is 0 Å². The number of ether oxygens (including phenoxy) is 3. The van der Waals surface area contributed by atoms with E-state index < -0.39 is 5.97 Å². The van der Waals surface area contributed by atoms with Gasteiger partial charge in [0.05, 0.1) is 13.2 Å². The van der Waals surface area contributed by atoms with Crippen LogP contribution >= 0.6 is 0 Å². The summed E-state index contributed by atoms with van der Waals surface area (Å²) in [5.74, 6) is 0.158. The first-order valence-corrected chi connectivity index (χ1v) is 5.65. The number of hydrogen-bond acceptors (Lipinski definition) is 4. The lowest BCUT2D eigenvalue weighted by molar-refractivity contribution is -0.155. The van der Waals surface area contributed by atoms with Gasteiger partial charge in [-0.15, -0.1) is 0 Å². The Morgan fingerprint density at radius 3 is 3.00 bits per heavy atom. The maximum Gasteiger partial charge on any atom is 0.373 e. The highest BCUT2D eigenvalue weighted by Crippen LogP contribution is 2.39. The first-order valence-electron chi connectivity index (χ1n) is 5.65. The minimum absolute atomic E-state index is 0.0217. The number of methoxy groups -OCH3 is 1. The molecule has 1 saturated heterocycles. The number of carbonyl (C=O) groups excluding carboxylic acids is 1. The van der Waals surface area contributed by atoms with Gasteiger partial charge in [0.2, 0.25) is 5.76 Å². The lowest BCUT2D eigenvalue weighted by Gasteiger charge is -2.44. The molecule has 0 N–H and O–H groups in total. The molecule has 4 nitrogen and oxygen atoms in total. The molecule has 0 radical (unpaired) electrons. The molecule has 0 saturated carbocycles. The van der Waals surface area contributed by atoms with Crippen molar-refractivity contribution in [3.05, 3.63) is 11.8 Å². The van der Waals surface area contributed by atoms with Gasteiger partial charge in [-0.25, -0.2) is 4.79 Å². The molecule has 90 valence electrons. The highest BCUT2D eigenvalue weighted by atomic mass is 16.6. The number of carbonyl (C=O) groups is 1. The fraction of sp³-hybridized carbons (Fsp3) is 0.750. The molecule has 0 aromatic rings. The molecule has 0 aromatic carbocycles. The van der Waals surface area contributed by atoms with Crippen molar-refractivity contribution in [2.24, 2.45) is 5.92 Å². The van der Waals surface area contributed by atoms with Crippen LogP contribution in [0.2, 0.25) is 0 Å². The second-order valence-electron chi connectivity index (χ2n) is 4.81. The van der Waals surface area contributed by atoms with Crippen molar-refractivity contribution in [2.45, 2.75) is 38.4 Å². The van der Waals surface area contributed by atoms with Crippen molar-refractivity contribution in [3.63, 3.8) is 0 Å². The Morgan fingerprint density at radius 2 is 2.31 bits per heavy atom. The van der Waals surface area contributed by atoms with E-state index in [0.717, 1.165) is 19.4 Å². The molecule has 2 atom stereocenters. The molecule has 0 unspecified atom stereocenters. The summed E-state index contributed by atoms with van der Waals surface area (Å²) in [5.41, 5.74) is -0.372. The van der Waals surface area contributed by atoms with Crippen molar-refractivity contribution in [1.29, 1.82) is 0 Å². The molecule has 1 fully saturated rings. The highest BCUT2D eigenvalue weighted by Gasteiger charge is 2.44. The van der Waals surface area contributed by atoms with E-state index in [9.17, 15) is 4.79 Å². The maximum atomic E-state index is 11.5. The van der Waals surface area contributed by atoms with Gasteiger partial charge in [-0.05, 0) is 32.8 Å². The zero-order valence-corrected chi connectivity index (χ0v) is 9.99.